The lowest BCUT2D eigenvalue weighted by atomic mass is 10.1. The number of nitrogens with zero attached hydrogens (tertiary/aromatic N) is 1. The van der Waals surface area contributed by atoms with Crippen molar-refractivity contribution in [2.24, 2.45) is 0 Å². The van der Waals surface area contributed by atoms with Gasteiger partial charge in [0.25, 0.3) is 11.8 Å². The predicted octanol–water partition coefficient (Wildman–Crippen LogP) is 2.79. The summed E-state index contributed by atoms with van der Waals surface area (Å²) in [5.41, 5.74) is 1.38. The molecule has 3 aromatic rings. The molecule has 1 heterocycles. The summed E-state index contributed by atoms with van der Waals surface area (Å²) in [5.74, 6) is -1.27. The Balaban J connectivity index is 1.39. The van der Waals surface area contributed by atoms with Crippen molar-refractivity contribution in [2.75, 3.05) is 16.8 Å². The van der Waals surface area contributed by atoms with Crippen LogP contribution in [0.2, 0.25) is 0 Å². The second-order valence-corrected chi connectivity index (χ2v) is 8.82. The molecule has 4 rings (SSSR count). The van der Waals surface area contributed by atoms with Crippen molar-refractivity contribution < 1.29 is 22.8 Å². The summed E-state index contributed by atoms with van der Waals surface area (Å²) in [4.78, 5) is 38.8. The molecule has 9 heteroatoms. The Morgan fingerprint density at radius 3 is 2.09 bits per heavy atom. The van der Waals surface area contributed by atoms with Crippen molar-refractivity contribution in [1.82, 2.24) is 4.72 Å². The predicted molar refractivity (Wildman–Crippen MR) is 119 cm³/mol. The van der Waals surface area contributed by atoms with E-state index in [1.54, 1.807) is 60.7 Å². The van der Waals surface area contributed by atoms with Crippen molar-refractivity contribution in [2.45, 2.75) is 11.3 Å². The average Bonchev–Trinajstić information content (AvgIpc) is 3.05. The zero-order valence-electron chi connectivity index (χ0n) is 16.8. The van der Waals surface area contributed by atoms with Gasteiger partial charge in [0, 0.05) is 18.7 Å². The number of fused-ring (bicyclic) bond motifs is 1. The van der Waals surface area contributed by atoms with E-state index in [2.05, 4.69) is 10.0 Å². The molecule has 32 heavy (non-hydrogen) atoms. The van der Waals surface area contributed by atoms with Crippen molar-refractivity contribution >= 4 is 39.1 Å². The van der Waals surface area contributed by atoms with Gasteiger partial charge in [-0.3, -0.25) is 14.4 Å². The van der Waals surface area contributed by atoms with Gasteiger partial charge in [0.1, 0.15) is 0 Å². The molecular weight excluding hydrogens is 430 g/mol. The van der Waals surface area contributed by atoms with E-state index in [9.17, 15) is 22.8 Å². The largest absolute Gasteiger partial charge is 0.326 e. The van der Waals surface area contributed by atoms with Gasteiger partial charge in [-0.15, -0.1) is 0 Å². The first-order valence-corrected chi connectivity index (χ1v) is 11.3. The fraction of sp³-hybridized carbons (Fsp3) is 0.0870. The maximum atomic E-state index is 12.6. The van der Waals surface area contributed by atoms with Crippen LogP contribution in [0.3, 0.4) is 0 Å². The Morgan fingerprint density at radius 1 is 0.812 bits per heavy atom. The van der Waals surface area contributed by atoms with Gasteiger partial charge in [0.15, 0.2) is 0 Å². The van der Waals surface area contributed by atoms with E-state index in [-0.39, 0.29) is 17.9 Å². The van der Waals surface area contributed by atoms with E-state index < -0.39 is 27.7 Å². The van der Waals surface area contributed by atoms with E-state index in [1.165, 1.54) is 18.2 Å². The number of nitrogens with one attached hydrogen (secondary N) is 2. The summed E-state index contributed by atoms with van der Waals surface area (Å²) < 4.78 is 26.8. The minimum atomic E-state index is -3.70. The maximum absolute atomic E-state index is 12.6. The maximum Gasteiger partial charge on any atom is 0.266 e. The number of benzene rings is 3. The minimum Gasteiger partial charge on any atom is -0.326 e. The second kappa shape index (κ2) is 8.74. The molecule has 0 saturated heterocycles. The molecule has 0 radical (unpaired) electrons. The van der Waals surface area contributed by atoms with Crippen LogP contribution < -0.4 is 14.9 Å². The zero-order valence-corrected chi connectivity index (χ0v) is 17.6. The van der Waals surface area contributed by atoms with Gasteiger partial charge in [-0.2, -0.15) is 0 Å². The smallest absolute Gasteiger partial charge is 0.266 e. The van der Waals surface area contributed by atoms with Gasteiger partial charge in [0.05, 0.1) is 21.7 Å². The van der Waals surface area contributed by atoms with Gasteiger partial charge >= 0.3 is 0 Å². The van der Waals surface area contributed by atoms with Crippen LogP contribution in [0.4, 0.5) is 11.4 Å². The molecule has 0 unspecified atom stereocenters. The zero-order chi connectivity index (χ0) is 22.7. The molecule has 3 aromatic carbocycles. The standard InChI is InChI=1S/C23H19N3O5S/c27-21(13-14-24-32(30,31)18-9-2-1-3-10-18)25-16-7-6-8-17(15-16)26-22(28)19-11-4-5-12-20(19)23(26)29/h1-12,15,24H,13-14H2,(H,25,27). The van der Waals surface area contributed by atoms with E-state index in [1.807, 2.05) is 0 Å². The Labute approximate surface area is 184 Å². The molecule has 2 N–H and O–H groups in total. The number of hydrogen-bond donors (Lipinski definition) is 2. The molecule has 0 saturated carbocycles. The molecule has 0 fully saturated rings. The van der Waals surface area contributed by atoms with Gasteiger partial charge in [-0.1, -0.05) is 36.4 Å². The SMILES string of the molecule is O=C(CCNS(=O)(=O)c1ccccc1)Nc1cccc(N2C(=O)c3ccccc3C2=O)c1. The quantitative estimate of drug-likeness (QED) is 0.539. The van der Waals surface area contributed by atoms with Crippen LogP contribution in [-0.2, 0) is 14.8 Å². The Bertz CT molecular complexity index is 1270. The summed E-state index contributed by atoms with van der Waals surface area (Å²) >= 11 is 0. The number of sulfonamides is 1. The molecule has 8 nitrogen and oxygen atoms in total. The third-order valence-electron chi connectivity index (χ3n) is 4.88. The Kier molecular flexibility index (Phi) is 5.85. The van der Waals surface area contributed by atoms with Crippen LogP contribution in [0.5, 0.6) is 0 Å². The summed E-state index contributed by atoms with van der Waals surface area (Å²) in [6.07, 6.45) is -0.0939. The van der Waals surface area contributed by atoms with Gasteiger partial charge in [-0.25, -0.2) is 18.0 Å². The third-order valence-corrected chi connectivity index (χ3v) is 6.36. The van der Waals surface area contributed by atoms with Gasteiger partial charge in [-0.05, 0) is 42.5 Å². The van der Waals surface area contributed by atoms with Crippen molar-refractivity contribution in [3.8, 4) is 0 Å². The van der Waals surface area contributed by atoms with Crippen molar-refractivity contribution in [3.05, 3.63) is 90.0 Å². The number of amides is 3. The van der Waals surface area contributed by atoms with Gasteiger partial charge in [0.2, 0.25) is 15.9 Å². The Hall–Kier alpha value is -3.82. The highest BCUT2D eigenvalue weighted by Crippen LogP contribution is 2.29. The molecule has 0 bridgehead atoms. The first-order valence-electron chi connectivity index (χ1n) is 9.79. The molecule has 0 aliphatic carbocycles. The van der Waals surface area contributed by atoms with E-state index in [4.69, 9.17) is 0 Å². The fourth-order valence-corrected chi connectivity index (χ4v) is 4.40. The van der Waals surface area contributed by atoms with Crippen LogP contribution in [0.15, 0.2) is 83.8 Å². The molecule has 0 spiro atoms. The topological polar surface area (TPSA) is 113 Å². The number of imide groups is 1. The molecule has 1 aliphatic heterocycles. The number of carbonyl (C=O) groups excluding carboxylic acids is 3. The first kappa shape index (κ1) is 21.4. The highest BCUT2D eigenvalue weighted by atomic mass is 32.2. The number of carbonyl (C=O) groups is 3. The molecular formula is C23H19N3O5S. The first-order chi connectivity index (χ1) is 15.4. The van der Waals surface area contributed by atoms with Crippen molar-refractivity contribution in [3.63, 3.8) is 0 Å². The summed E-state index contributed by atoms with van der Waals surface area (Å²) in [6, 6.07) is 20.8. The number of rotatable bonds is 7. The van der Waals surface area contributed by atoms with E-state index >= 15 is 0 Å². The highest BCUT2D eigenvalue weighted by Gasteiger charge is 2.36. The molecule has 0 atom stereocenters. The Morgan fingerprint density at radius 2 is 1.44 bits per heavy atom. The lowest BCUT2D eigenvalue weighted by molar-refractivity contribution is -0.116. The number of hydrogen-bond acceptors (Lipinski definition) is 5. The molecule has 0 aromatic heterocycles. The van der Waals surface area contributed by atoms with E-state index in [0.29, 0.717) is 22.5 Å². The molecule has 162 valence electrons. The van der Waals surface area contributed by atoms with Crippen LogP contribution in [0.25, 0.3) is 0 Å². The lowest BCUT2D eigenvalue weighted by Crippen LogP contribution is -2.29. The third kappa shape index (κ3) is 4.29. The normalized spacial score (nSPS) is 13.2. The highest BCUT2D eigenvalue weighted by molar-refractivity contribution is 7.89. The summed E-state index contributed by atoms with van der Waals surface area (Å²) in [5, 5.41) is 2.66. The van der Waals surface area contributed by atoms with Gasteiger partial charge < -0.3 is 5.32 Å². The van der Waals surface area contributed by atoms with E-state index in [0.717, 1.165) is 4.90 Å². The average molecular weight is 449 g/mol. The van der Waals surface area contributed by atoms with Crippen LogP contribution in [0.1, 0.15) is 27.1 Å². The minimum absolute atomic E-state index is 0.0822. The fourth-order valence-electron chi connectivity index (χ4n) is 3.35. The monoisotopic (exact) mass is 449 g/mol. The summed E-state index contributed by atoms with van der Waals surface area (Å²) in [6.45, 7) is -0.0822. The van der Waals surface area contributed by atoms with Crippen LogP contribution in [0, 0.1) is 0 Å². The van der Waals surface area contributed by atoms with Crippen molar-refractivity contribution in [1.29, 1.82) is 0 Å². The molecule has 1 aliphatic rings. The lowest BCUT2D eigenvalue weighted by Gasteiger charge is -2.15. The second-order valence-electron chi connectivity index (χ2n) is 7.05. The summed E-state index contributed by atoms with van der Waals surface area (Å²) in [7, 11) is -3.70. The number of anilines is 2. The molecule has 3 amide bonds. The van der Waals surface area contributed by atoms with Crippen LogP contribution in [-0.4, -0.2) is 32.7 Å². The van der Waals surface area contributed by atoms with Crippen LogP contribution >= 0.6 is 0 Å².